The Kier molecular flexibility index (Phi) is 6.51. The molecule has 0 amide bonds. The van der Waals surface area contributed by atoms with E-state index in [1.165, 1.54) is 52.8 Å². The smallest absolute Gasteiger partial charge is 0.165 e. The number of para-hydroxylation sites is 2. The lowest BCUT2D eigenvalue weighted by molar-refractivity contribution is 0.667. The van der Waals surface area contributed by atoms with Gasteiger partial charge in [-0.15, -0.1) is 11.3 Å². The predicted octanol–water partition coefficient (Wildman–Crippen LogP) is 13.9. The molecule has 0 saturated carbocycles. The summed E-state index contributed by atoms with van der Waals surface area (Å²) in [5.74, 6) is 0.756. The maximum absolute atomic E-state index is 6.64. The number of rotatable bonds is 4. The minimum Gasteiger partial charge on any atom is -0.454 e. The number of aryl methyl sites for hydroxylation is 1. The van der Waals surface area contributed by atoms with Crippen molar-refractivity contribution in [1.29, 1.82) is 0 Å². The molecular formula is C50H30N4OS. The Labute approximate surface area is 324 Å². The molecule has 0 radical (unpaired) electrons. The zero-order valence-electron chi connectivity index (χ0n) is 30.2. The van der Waals surface area contributed by atoms with E-state index in [9.17, 15) is 0 Å². The number of hydrogen-bond donors (Lipinski definition) is 0. The highest BCUT2D eigenvalue weighted by Gasteiger charge is 2.26. The van der Waals surface area contributed by atoms with Crippen molar-refractivity contribution in [3.05, 3.63) is 164 Å². The lowest BCUT2D eigenvalue weighted by atomic mass is 9.97. The van der Waals surface area contributed by atoms with E-state index in [4.69, 9.17) is 14.4 Å². The molecule has 6 heteroatoms. The average Bonchev–Trinajstić information content (AvgIpc) is 3.92. The number of benzene rings is 7. The summed E-state index contributed by atoms with van der Waals surface area (Å²) in [6.07, 6.45) is 9.60. The van der Waals surface area contributed by atoms with Crippen molar-refractivity contribution in [2.24, 2.45) is 0 Å². The first-order valence-electron chi connectivity index (χ1n) is 18.7. The molecular weight excluding hydrogens is 705 g/mol. The zero-order chi connectivity index (χ0) is 37.1. The van der Waals surface area contributed by atoms with Gasteiger partial charge in [0.1, 0.15) is 11.3 Å². The van der Waals surface area contributed by atoms with Crippen LogP contribution >= 0.6 is 11.3 Å². The van der Waals surface area contributed by atoms with E-state index in [2.05, 4.69) is 144 Å². The van der Waals surface area contributed by atoms with E-state index in [0.717, 1.165) is 71.9 Å². The summed E-state index contributed by atoms with van der Waals surface area (Å²) in [5.41, 5.74) is 9.43. The molecule has 56 heavy (non-hydrogen) atoms. The van der Waals surface area contributed by atoms with Crippen LogP contribution in [0.25, 0.3) is 120 Å². The third-order valence-electron chi connectivity index (χ3n) is 11.4. The van der Waals surface area contributed by atoms with Crippen LogP contribution < -0.4 is 0 Å². The summed E-state index contributed by atoms with van der Waals surface area (Å²) in [4.78, 5) is 15.6. The van der Waals surface area contributed by atoms with E-state index in [1.54, 1.807) is 6.20 Å². The molecule has 262 valence electrons. The second-order valence-corrected chi connectivity index (χ2v) is 15.5. The molecule has 12 rings (SSSR count). The normalized spacial score (nSPS) is 12.4. The minimum absolute atomic E-state index is 0.740. The van der Waals surface area contributed by atoms with Crippen LogP contribution in [0, 0.1) is 6.92 Å². The molecule has 5 nitrogen and oxygen atoms in total. The lowest BCUT2D eigenvalue weighted by Gasteiger charge is -2.15. The lowest BCUT2D eigenvalue weighted by Crippen LogP contribution is -2.04. The highest BCUT2D eigenvalue weighted by Crippen LogP contribution is 2.49. The Bertz CT molecular complexity index is 3700. The standard InChI is InChI=1S/C50H30N4OS/c1-3-4-12-30-26-38-42(25-28(30)2)56-49-44(38)34-16-8-7-15-33(34)43-36-17-9-10-20-40(36)54(47(43)49)50-46(52-39-22-21-29-13-5-6-14-31(29)45(39)53-50)37-19-11-18-35-32-23-24-51-27-41(32)55-48(35)37/h3-27H,1H2,2H3/b12-4-. The monoisotopic (exact) mass is 734 g/mol. The summed E-state index contributed by atoms with van der Waals surface area (Å²) < 4.78 is 11.5. The van der Waals surface area contributed by atoms with E-state index in [1.807, 2.05) is 35.8 Å². The molecule has 0 aliphatic heterocycles. The summed E-state index contributed by atoms with van der Waals surface area (Å²) in [6.45, 7) is 6.11. The van der Waals surface area contributed by atoms with Gasteiger partial charge in [0.05, 0.1) is 33.0 Å². The highest BCUT2D eigenvalue weighted by atomic mass is 32.1. The Morgan fingerprint density at radius 2 is 1.50 bits per heavy atom. The number of aromatic nitrogens is 4. The second kappa shape index (κ2) is 11.7. The van der Waals surface area contributed by atoms with Crippen molar-refractivity contribution >= 4 is 114 Å². The zero-order valence-corrected chi connectivity index (χ0v) is 31.1. The van der Waals surface area contributed by atoms with Gasteiger partial charge in [-0.25, -0.2) is 9.97 Å². The van der Waals surface area contributed by atoms with Crippen molar-refractivity contribution in [1.82, 2.24) is 19.5 Å². The number of nitrogens with zero attached hydrogens (tertiary/aromatic N) is 4. The van der Waals surface area contributed by atoms with E-state index in [-0.39, 0.29) is 0 Å². The number of thiophene rings is 1. The number of hydrogen-bond acceptors (Lipinski definition) is 5. The predicted molar refractivity (Wildman–Crippen MR) is 236 cm³/mol. The van der Waals surface area contributed by atoms with Gasteiger partial charge in [0, 0.05) is 54.2 Å². The van der Waals surface area contributed by atoms with Gasteiger partial charge in [-0.2, -0.15) is 0 Å². The third kappa shape index (κ3) is 4.27. The molecule has 0 spiro atoms. The maximum Gasteiger partial charge on any atom is 0.165 e. The molecule has 12 aromatic rings. The van der Waals surface area contributed by atoms with Crippen LogP contribution in [0.15, 0.2) is 157 Å². The van der Waals surface area contributed by atoms with Crippen molar-refractivity contribution in [2.75, 3.05) is 0 Å². The molecule has 0 aliphatic carbocycles. The molecule has 0 aliphatic rings. The van der Waals surface area contributed by atoms with E-state index >= 15 is 0 Å². The molecule has 0 N–H and O–H groups in total. The van der Waals surface area contributed by atoms with Gasteiger partial charge in [0.15, 0.2) is 11.4 Å². The van der Waals surface area contributed by atoms with Crippen LogP contribution in [-0.2, 0) is 0 Å². The molecule has 5 aromatic heterocycles. The Hall–Kier alpha value is -7.15. The first kappa shape index (κ1) is 31.2. The fourth-order valence-corrected chi connectivity index (χ4v) is 10.2. The molecule has 0 fully saturated rings. The topological polar surface area (TPSA) is 56.7 Å². The van der Waals surface area contributed by atoms with Crippen molar-refractivity contribution in [3.8, 4) is 17.1 Å². The minimum atomic E-state index is 0.740. The summed E-state index contributed by atoms with van der Waals surface area (Å²) >= 11 is 1.85. The number of furan rings is 1. The summed E-state index contributed by atoms with van der Waals surface area (Å²) in [5, 5.41) is 11.5. The van der Waals surface area contributed by atoms with Crippen LogP contribution in [0.5, 0.6) is 0 Å². The van der Waals surface area contributed by atoms with E-state index < -0.39 is 0 Å². The average molecular weight is 735 g/mol. The molecule has 0 unspecified atom stereocenters. The highest BCUT2D eigenvalue weighted by molar-refractivity contribution is 7.27. The van der Waals surface area contributed by atoms with Crippen LogP contribution in [0.4, 0.5) is 0 Å². The van der Waals surface area contributed by atoms with E-state index in [0.29, 0.717) is 0 Å². The first-order valence-corrected chi connectivity index (χ1v) is 19.5. The molecule has 0 atom stereocenters. The quantitative estimate of drug-likeness (QED) is 0.133. The van der Waals surface area contributed by atoms with Crippen molar-refractivity contribution < 1.29 is 4.42 Å². The largest absolute Gasteiger partial charge is 0.454 e. The first-order chi connectivity index (χ1) is 27.7. The second-order valence-electron chi connectivity index (χ2n) is 14.4. The van der Waals surface area contributed by atoms with Crippen LogP contribution in [-0.4, -0.2) is 19.5 Å². The number of allylic oxidation sites excluding steroid dienone is 2. The van der Waals surface area contributed by atoms with Crippen molar-refractivity contribution in [3.63, 3.8) is 0 Å². The van der Waals surface area contributed by atoms with Gasteiger partial charge in [-0.1, -0.05) is 110 Å². The van der Waals surface area contributed by atoms with Gasteiger partial charge in [0.2, 0.25) is 0 Å². The van der Waals surface area contributed by atoms with Crippen LogP contribution in [0.3, 0.4) is 0 Å². The van der Waals surface area contributed by atoms with Gasteiger partial charge in [-0.05, 0) is 70.6 Å². The van der Waals surface area contributed by atoms with Crippen LogP contribution in [0.2, 0.25) is 0 Å². The number of fused-ring (bicyclic) bond motifs is 16. The Morgan fingerprint density at radius 3 is 2.38 bits per heavy atom. The van der Waals surface area contributed by atoms with Crippen LogP contribution in [0.1, 0.15) is 11.1 Å². The third-order valence-corrected chi connectivity index (χ3v) is 12.5. The van der Waals surface area contributed by atoms with Gasteiger partial charge in [-0.3, -0.25) is 9.55 Å². The molecule has 5 heterocycles. The molecule has 7 aromatic carbocycles. The van der Waals surface area contributed by atoms with Crippen molar-refractivity contribution in [2.45, 2.75) is 6.92 Å². The summed E-state index contributed by atoms with van der Waals surface area (Å²) in [7, 11) is 0. The fourth-order valence-electron chi connectivity index (χ4n) is 8.87. The SMILES string of the molecule is C=C/C=C\c1cc2c(cc1C)sc1c2c2ccccc2c2c3ccccc3n(-c3nc4c(ccc5ccccc54)nc3-c3cccc4c3oc3cnccc34)c12. The van der Waals surface area contributed by atoms with Gasteiger partial charge >= 0.3 is 0 Å². The Morgan fingerprint density at radius 1 is 0.714 bits per heavy atom. The van der Waals surface area contributed by atoms with Gasteiger partial charge in [0.25, 0.3) is 0 Å². The number of pyridine rings is 1. The summed E-state index contributed by atoms with van der Waals surface area (Å²) in [6, 6.07) is 43.3. The maximum atomic E-state index is 6.64. The van der Waals surface area contributed by atoms with Gasteiger partial charge < -0.3 is 4.42 Å². The Balaban J connectivity index is 1.32. The fraction of sp³-hybridized carbons (Fsp3) is 0.0200. The molecule has 0 bridgehead atoms. The molecule has 0 saturated heterocycles.